The van der Waals surface area contributed by atoms with Crippen LogP contribution in [0, 0.1) is 0 Å². The van der Waals surface area contributed by atoms with E-state index in [4.69, 9.17) is 9.47 Å². The van der Waals surface area contributed by atoms with Crippen molar-refractivity contribution in [3.05, 3.63) is 66.4 Å². The molecule has 1 atom stereocenters. The minimum Gasteiger partial charge on any atom is -0.444 e. The highest BCUT2D eigenvalue weighted by Crippen LogP contribution is 2.24. The number of benzene rings is 2. The van der Waals surface area contributed by atoms with Crippen LogP contribution < -0.4 is 4.72 Å². The first-order valence-corrected chi connectivity index (χ1v) is 13.2. The molecule has 5 rings (SSSR count). The summed E-state index contributed by atoms with van der Waals surface area (Å²) in [5.41, 5.74) is 1.16. The number of ether oxygens (including phenoxy) is 2. The Labute approximate surface area is 208 Å². The number of anilines is 1. The molecule has 36 heavy (non-hydrogen) atoms. The van der Waals surface area contributed by atoms with Crippen LogP contribution in [-0.4, -0.2) is 80.7 Å². The fraction of sp³-hybridized carbons (Fsp3) is 0.320. The lowest BCUT2D eigenvalue weighted by Crippen LogP contribution is -2.51. The normalized spacial score (nSPS) is 18.3. The molecule has 2 aliphatic heterocycles. The van der Waals surface area contributed by atoms with Crippen LogP contribution in [-0.2, 0) is 19.5 Å². The van der Waals surface area contributed by atoms with Crippen molar-refractivity contribution < 1.29 is 27.5 Å². The monoisotopic (exact) mass is 510 g/mol. The third kappa shape index (κ3) is 5.12. The third-order valence-electron chi connectivity index (χ3n) is 6.25. The minimum absolute atomic E-state index is 0.0811. The number of rotatable bonds is 5. The van der Waals surface area contributed by atoms with Gasteiger partial charge in [0.25, 0.3) is 15.9 Å². The lowest BCUT2D eigenvalue weighted by atomic mass is 10.1. The summed E-state index contributed by atoms with van der Waals surface area (Å²) < 4.78 is 39.2. The van der Waals surface area contributed by atoms with Gasteiger partial charge < -0.3 is 19.3 Å². The second-order valence-corrected chi connectivity index (χ2v) is 10.3. The molecule has 1 N–H and O–H groups in total. The highest BCUT2D eigenvalue weighted by molar-refractivity contribution is 7.93. The van der Waals surface area contributed by atoms with Crippen molar-refractivity contribution >= 4 is 38.6 Å². The minimum atomic E-state index is -3.88. The largest absolute Gasteiger partial charge is 0.444 e. The number of piperazine rings is 1. The molecule has 0 aliphatic carbocycles. The Kier molecular flexibility index (Phi) is 6.75. The number of carbonyl (C=O) groups is 2. The van der Waals surface area contributed by atoms with E-state index in [9.17, 15) is 18.0 Å². The van der Waals surface area contributed by atoms with Crippen molar-refractivity contribution in [3.8, 4) is 0 Å². The van der Waals surface area contributed by atoms with Gasteiger partial charge in [0, 0.05) is 55.4 Å². The summed E-state index contributed by atoms with van der Waals surface area (Å²) in [6.07, 6.45) is 1.67. The van der Waals surface area contributed by atoms with Crippen LogP contribution in [0.4, 0.5) is 10.5 Å². The first-order chi connectivity index (χ1) is 17.4. The van der Waals surface area contributed by atoms with E-state index in [0.717, 1.165) is 5.39 Å². The molecule has 10 nitrogen and oxygen atoms in total. The molecule has 1 unspecified atom stereocenters. The predicted molar refractivity (Wildman–Crippen MR) is 132 cm³/mol. The van der Waals surface area contributed by atoms with Gasteiger partial charge >= 0.3 is 6.09 Å². The van der Waals surface area contributed by atoms with E-state index in [1.54, 1.807) is 64.5 Å². The van der Waals surface area contributed by atoms with Crippen LogP contribution in [0.25, 0.3) is 10.9 Å². The van der Waals surface area contributed by atoms with Gasteiger partial charge in [-0.1, -0.05) is 18.2 Å². The Morgan fingerprint density at radius 1 is 0.972 bits per heavy atom. The topological polar surface area (TPSA) is 118 Å². The first kappa shape index (κ1) is 24.0. The zero-order valence-electron chi connectivity index (χ0n) is 19.5. The second-order valence-electron chi connectivity index (χ2n) is 8.66. The number of fused-ring (bicyclic) bond motifs is 1. The Hall–Kier alpha value is -3.70. The van der Waals surface area contributed by atoms with Gasteiger partial charge in [-0.25, -0.2) is 13.2 Å². The summed E-state index contributed by atoms with van der Waals surface area (Å²) in [5.74, 6) is -0.181. The van der Waals surface area contributed by atoms with Gasteiger partial charge in [0.1, 0.15) is 11.0 Å². The van der Waals surface area contributed by atoms with Gasteiger partial charge in [0.2, 0.25) is 0 Å². The molecule has 2 amide bonds. The number of pyridine rings is 1. The van der Waals surface area contributed by atoms with Gasteiger partial charge in [0.05, 0.1) is 18.7 Å². The number of aromatic nitrogens is 1. The molecule has 0 bridgehead atoms. The Morgan fingerprint density at radius 2 is 1.69 bits per heavy atom. The summed E-state index contributed by atoms with van der Waals surface area (Å²) in [6.45, 7) is 2.56. The molecule has 11 heteroatoms. The van der Waals surface area contributed by atoms with Gasteiger partial charge in [0.15, 0.2) is 0 Å². The average Bonchev–Trinajstić information content (AvgIpc) is 3.41. The summed E-state index contributed by atoms with van der Waals surface area (Å²) in [6, 6.07) is 14.8. The molecule has 3 heterocycles. The maximum atomic E-state index is 13.0. The van der Waals surface area contributed by atoms with Crippen molar-refractivity contribution in [2.45, 2.75) is 17.4 Å². The van der Waals surface area contributed by atoms with Gasteiger partial charge in [-0.05, 0) is 36.4 Å². The van der Waals surface area contributed by atoms with E-state index in [1.807, 2.05) is 0 Å². The molecule has 3 aromatic rings. The number of carbonyl (C=O) groups excluding carboxylic acids is 2. The predicted octanol–water partition coefficient (Wildman–Crippen LogP) is 2.72. The quantitative estimate of drug-likeness (QED) is 0.561. The van der Waals surface area contributed by atoms with E-state index >= 15 is 0 Å². The maximum Gasteiger partial charge on any atom is 0.410 e. The van der Waals surface area contributed by atoms with Gasteiger partial charge in [-0.3, -0.25) is 14.5 Å². The number of hydrogen-bond acceptors (Lipinski definition) is 7. The highest BCUT2D eigenvalue weighted by Gasteiger charge is 2.28. The fourth-order valence-corrected chi connectivity index (χ4v) is 5.52. The van der Waals surface area contributed by atoms with E-state index < -0.39 is 10.0 Å². The van der Waals surface area contributed by atoms with Crippen LogP contribution in [0.3, 0.4) is 0 Å². The van der Waals surface area contributed by atoms with Crippen molar-refractivity contribution in [2.75, 3.05) is 44.1 Å². The van der Waals surface area contributed by atoms with Crippen molar-refractivity contribution in [2.24, 2.45) is 0 Å². The highest BCUT2D eigenvalue weighted by atomic mass is 32.2. The zero-order valence-corrected chi connectivity index (χ0v) is 20.3. The molecule has 2 fully saturated rings. The molecule has 1 aromatic heterocycles. The molecule has 188 valence electrons. The van der Waals surface area contributed by atoms with E-state index in [1.165, 1.54) is 6.07 Å². The molecule has 0 spiro atoms. The number of nitrogens with zero attached hydrogens (tertiary/aromatic N) is 3. The second kappa shape index (κ2) is 10.1. The lowest BCUT2D eigenvalue weighted by Gasteiger charge is -2.34. The van der Waals surface area contributed by atoms with Crippen molar-refractivity contribution in [1.82, 2.24) is 14.8 Å². The van der Waals surface area contributed by atoms with Crippen molar-refractivity contribution in [3.63, 3.8) is 0 Å². The summed E-state index contributed by atoms with van der Waals surface area (Å²) in [5, 5.41) is 0.724. The number of amides is 2. The molecular weight excluding hydrogens is 484 g/mol. The molecule has 0 saturated carbocycles. The van der Waals surface area contributed by atoms with Gasteiger partial charge in [-0.15, -0.1) is 0 Å². The lowest BCUT2D eigenvalue weighted by molar-refractivity contribution is 0.0370. The molecule has 0 radical (unpaired) electrons. The number of para-hydroxylation sites is 1. The molecule has 2 aromatic carbocycles. The van der Waals surface area contributed by atoms with Crippen LogP contribution in [0.1, 0.15) is 16.8 Å². The van der Waals surface area contributed by atoms with Crippen molar-refractivity contribution in [1.29, 1.82) is 0 Å². The van der Waals surface area contributed by atoms with Crippen LogP contribution in [0.5, 0.6) is 0 Å². The standard InChI is InChI=1S/C25H26N4O6S/c30-24(28-12-14-29(15-13-28)25(31)35-21-10-16-34-17-21)19-6-8-20(9-7-19)27-36(32,33)22-5-1-3-18-4-2-11-26-23(18)22/h1-9,11,21,27H,10,12-17H2. The summed E-state index contributed by atoms with van der Waals surface area (Å²) >= 11 is 0. The average molecular weight is 511 g/mol. The SMILES string of the molecule is O=C(OC1CCOC1)N1CCN(C(=O)c2ccc(NS(=O)(=O)c3cccc4cccnc34)cc2)CC1. The van der Waals surface area contributed by atoms with Gasteiger partial charge in [-0.2, -0.15) is 0 Å². The zero-order chi connectivity index (χ0) is 25.1. The smallest absolute Gasteiger partial charge is 0.410 e. The number of nitrogens with one attached hydrogen (secondary N) is 1. The van der Waals surface area contributed by atoms with E-state index in [0.29, 0.717) is 62.6 Å². The summed E-state index contributed by atoms with van der Waals surface area (Å²) in [4.78, 5) is 32.8. The number of sulfonamides is 1. The third-order valence-corrected chi connectivity index (χ3v) is 7.66. The molecule has 2 saturated heterocycles. The van der Waals surface area contributed by atoms with Crippen LogP contribution in [0.15, 0.2) is 65.7 Å². The Morgan fingerprint density at radius 3 is 2.42 bits per heavy atom. The summed E-state index contributed by atoms with van der Waals surface area (Å²) in [7, 11) is -3.88. The van der Waals surface area contributed by atoms with Crippen LogP contribution in [0.2, 0.25) is 0 Å². The fourth-order valence-electron chi connectivity index (χ4n) is 4.28. The van der Waals surface area contributed by atoms with Crippen LogP contribution >= 0.6 is 0 Å². The van der Waals surface area contributed by atoms with E-state index in [2.05, 4.69) is 9.71 Å². The van der Waals surface area contributed by atoms with E-state index in [-0.39, 0.29) is 23.0 Å². The molecular formula is C25H26N4O6S. The first-order valence-electron chi connectivity index (χ1n) is 11.7. The Bertz CT molecular complexity index is 1360. The Balaban J connectivity index is 1.20. The maximum absolute atomic E-state index is 13.0. The molecule has 2 aliphatic rings. The number of hydrogen-bond donors (Lipinski definition) is 1.